The lowest BCUT2D eigenvalue weighted by molar-refractivity contribution is 0.0277. The molecule has 0 aliphatic carbocycles. The minimum Gasteiger partial charge on any atom is -0.493 e. The third-order valence-electron chi connectivity index (χ3n) is 2.55. The number of ether oxygens (including phenoxy) is 2. The summed E-state index contributed by atoms with van der Waals surface area (Å²) in [4.78, 5) is 4.24. The molecule has 0 amide bonds. The maximum atomic E-state index is 9.70. The van der Waals surface area contributed by atoms with E-state index < -0.39 is 5.60 Å². The van der Waals surface area contributed by atoms with Crippen molar-refractivity contribution in [2.45, 2.75) is 19.4 Å². The molecule has 5 heteroatoms. The number of aromatic nitrogens is 1. The summed E-state index contributed by atoms with van der Waals surface area (Å²) >= 11 is 6.11. The van der Waals surface area contributed by atoms with Gasteiger partial charge in [-0.2, -0.15) is 0 Å². The third-order valence-corrected chi connectivity index (χ3v) is 2.88. The van der Waals surface area contributed by atoms with Crippen LogP contribution in [0.1, 0.15) is 13.8 Å². The molecule has 1 N–H and O–H groups in total. The van der Waals surface area contributed by atoms with Gasteiger partial charge in [0.15, 0.2) is 11.5 Å². The number of benzene rings is 1. The molecule has 1 aromatic heterocycles. The molecule has 102 valence electrons. The van der Waals surface area contributed by atoms with Gasteiger partial charge in [-0.15, -0.1) is 0 Å². The van der Waals surface area contributed by atoms with Gasteiger partial charge in [0.1, 0.15) is 6.61 Å². The molecule has 0 aliphatic rings. The number of pyridine rings is 1. The number of aliphatic hydroxyl groups is 1. The monoisotopic (exact) mass is 281 g/mol. The summed E-state index contributed by atoms with van der Waals surface area (Å²) in [6, 6.07) is 5.26. The summed E-state index contributed by atoms with van der Waals surface area (Å²) in [5.74, 6) is 1.10. The second kappa shape index (κ2) is 5.23. The predicted molar refractivity (Wildman–Crippen MR) is 75.1 cm³/mol. The fourth-order valence-corrected chi connectivity index (χ4v) is 1.85. The van der Waals surface area contributed by atoms with Crippen molar-refractivity contribution < 1.29 is 14.6 Å². The Morgan fingerprint density at radius 2 is 2.05 bits per heavy atom. The van der Waals surface area contributed by atoms with Gasteiger partial charge >= 0.3 is 0 Å². The van der Waals surface area contributed by atoms with Gasteiger partial charge in [-0.25, -0.2) is 0 Å². The summed E-state index contributed by atoms with van der Waals surface area (Å²) in [6.45, 7) is 3.51. The highest BCUT2D eigenvalue weighted by molar-refractivity contribution is 6.35. The quantitative estimate of drug-likeness (QED) is 0.936. The number of nitrogens with zero attached hydrogens (tertiary/aromatic N) is 1. The maximum absolute atomic E-state index is 9.70. The van der Waals surface area contributed by atoms with Crippen LogP contribution in [0.5, 0.6) is 11.5 Å². The molecule has 0 unspecified atom stereocenters. The summed E-state index contributed by atoms with van der Waals surface area (Å²) < 4.78 is 10.9. The SMILES string of the molecule is COc1cc2c(Cl)ccnc2cc1OCC(C)(C)O. The minimum absolute atomic E-state index is 0.162. The molecule has 0 spiro atoms. The molecular weight excluding hydrogens is 266 g/mol. The van der Waals surface area contributed by atoms with Crippen molar-refractivity contribution in [1.29, 1.82) is 0 Å². The zero-order valence-corrected chi connectivity index (χ0v) is 11.9. The third kappa shape index (κ3) is 3.28. The Labute approximate surface area is 116 Å². The summed E-state index contributed by atoms with van der Waals surface area (Å²) in [5, 5.41) is 11.1. The highest BCUT2D eigenvalue weighted by atomic mass is 35.5. The smallest absolute Gasteiger partial charge is 0.163 e. The fourth-order valence-electron chi connectivity index (χ4n) is 1.65. The molecule has 2 rings (SSSR count). The first-order valence-corrected chi connectivity index (χ1v) is 6.26. The Hall–Kier alpha value is -1.52. The predicted octanol–water partition coefficient (Wildman–Crippen LogP) is 3.05. The highest BCUT2D eigenvalue weighted by Crippen LogP contribution is 2.34. The molecule has 0 saturated carbocycles. The van der Waals surface area contributed by atoms with Gasteiger partial charge in [0.2, 0.25) is 0 Å². The van der Waals surface area contributed by atoms with Gasteiger partial charge in [-0.1, -0.05) is 11.6 Å². The molecule has 4 nitrogen and oxygen atoms in total. The first-order chi connectivity index (χ1) is 8.90. The summed E-state index contributed by atoms with van der Waals surface area (Å²) in [5.41, 5.74) is -0.194. The van der Waals surface area contributed by atoms with Crippen molar-refractivity contribution >= 4 is 22.5 Å². The van der Waals surface area contributed by atoms with Crippen LogP contribution in [-0.4, -0.2) is 29.4 Å². The Kier molecular flexibility index (Phi) is 3.83. The van der Waals surface area contributed by atoms with Gasteiger partial charge in [-0.3, -0.25) is 4.98 Å². The molecule has 0 fully saturated rings. The van der Waals surface area contributed by atoms with E-state index in [-0.39, 0.29) is 6.61 Å². The Bertz CT molecular complexity index is 593. The standard InChI is InChI=1S/C14H16ClNO3/c1-14(2,17)8-19-13-7-11-9(6-12(13)18-3)10(15)4-5-16-11/h4-7,17H,8H2,1-3H3. The van der Waals surface area contributed by atoms with E-state index in [0.29, 0.717) is 16.5 Å². The molecule has 1 heterocycles. The molecule has 19 heavy (non-hydrogen) atoms. The zero-order valence-electron chi connectivity index (χ0n) is 11.1. The minimum atomic E-state index is -0.915. The van der Waals surface area contributed by atoms with E-state index in [9.17, 15) is 5.11 Å². The van der Waals surface area contributed by atoms with Gasteiger partial charge in [-0.05, 0) is 26.0 Å². The summed E-state index contributed by atoms with van der Waals surface area (Å²) in [6.07, 6.45) is 1.64. The normalized spacial score (nSPS) is 11.6. The fraction of sp³-hybridized carbons (Fsp3) is 0.357. The van der Waals surface area contributed by atoms with E-state index in [1.807, 2.05) is 0 Å². The van der Waals surface area contributed by atoms with E-state index in [1.54, 1.807) is 45.4 Å². The van der Waals surface area contributed by atoms with Crippen molar-refractivity contribution in [3.63, 3.8) is 0 Å². The van der Waals surface area contributed by atoms with Crippen LogP contribution >= 0.6 is 11.6 Å². The lowest BCUT2D eigenvalue weighted by atomic mass is 10.1. The molecule has 2 aromatic rings. The number of methoxy groups -OCH3 is 1. The van der Waals surface area contributed by atoms with Crippen LogP contribution in [0.3, 0.4) is 0 Å². The van der Waals surface area contributed by atoms with Gasteiger partial charge in [0, 0.05) is 17.6 Å². The van der Waals surface area contributed by atoms with Crippen LogP contribution in [0.15, 0.2) is 24.4 Å². The molecule has 0 atom stereocenters. The molecule has 0 radical (unpaired) electrons. The Morgan fingerprint density at radius 1 is 1.32 bits per heavy atom. The first kappa shape index (κ1) is 13.9. The van der Waals surface area contributed by atoms with Gasteiger partial charge in [0.05, 0.1) is 23.3 Å². The van der Waals surface area contributed by atoms with E-state index >= 15 is 0 Å². The summed E-state index contributed by atoms with van der Waals surface area (Å²) in [7, 11) is 1.56. The van der Waals surface area contributed by atoms with Crippen LogP contribution in [-0.2, 0) is 0 Å². The average molecular weight is 282 g/mol. The van der Waals surface area contributed by atoms with E-state index in [2.05, 4.69) is 4.98 Å². The second-order valence-electron chi connectivity index (χ2n) is 4.91. The van der Waals surface area contributed by atoms with Crippen LogP contribution in [0.25, 0.3) is 10.9 Å². The highest BCUT2D eigenvalue weighted by Gasteiger charge is 2.16. The lowest BCUT2D eigenvalue weighted by Gasteiger charge is -2.19. The lowest BCUT2D eigenvalue weighted by Crippen LogP contribution is -2.27. The zero-order chi connectivity index (χ0) is 14.0. The molecule has 0 bridgehead atoms. The maximum Gasteiger partial charge on any atom is 0.163 e. The van der Waals surface area contributed by atoms with Gasteiger partial charge in [0.25, 0.3) is 0 Å². The van der Waals surface area contributed by atoms with Crippen LogP contribution in [0, 0.1) is 0 Å². The topological polar surface area (TPSA) is 51.6 Å². The van der Waals surface area contributed by atoms with Crippen molar-refractivity contribution in [3.8, 4) is 11.5 Å². The van der Waals surface area contributed by atoms with E-state index in [1.165, 1.54) is 0 Å². The van der Waals surface area contributed by atoms with E-state index in [4.69, 9.17) is 21.1 Å². The number of fused-ring (bicyclic) bond motifs is 1. The number of halogens is 1. The number of hydrogen-bond donors (Lipinski definition) is 1. The Morgan fingerprint density at radius 3 is 2.68 bits per heavy atom. The number of rotatable bonds is 4. The van der Waals surface area contributed by atoms with Crippen LogP contribution in [0.2, 0.25) is 5.02 Å². The largest absolute Gasteiger partial charge is 0.493 e. The van der Waals surface area contributed by atoms with Crippen molar-refractivity contribution in [2.24, 2.45) is 0 Å². The molecule has 1 aromatic carbocycles. The van der Waals surface area contributed by atoms with Crippen molar-refractivity contribution in [1.82, 2.24) is 4.98 Å². The molecular formula is C14H16ClNO3. The average Bonchev–Trinajstić information content (AvgIpc) is 2.35. The van der Waals surface area contributed by atoms with Crippen LogP contribution in [0.4, 0.5) is 0 Å². The van der Waals surface area contributed by atoms with Crippen molar-refractivity contribution in [3.05, 3.63) is 29.4 Å². The first-order valence-electron chi connectivity index (χ1n) is 5.88. The molecule has 0 saturated heterocycles. The second-order valence-corrected chi connectivity index (χ2v) is 5.32. The molecule has 0 aliphatic heterocycles. The Balaban J connectivity index is 2.43. The number of hydrogen-bond acceptors (Lipinski definition) is 4. The van der Waals surface area contributed by atoms with E-state index in [0.717, 1.165) is 10.9 Å². The van der Waals surface area contributed by atoms with Crippen molar-refractivity contribution in [2.75, 3.05) is 13.7 Å². The van der Waals surface area contributed by atoms with Crippen LogP contribution < -0.4 is 9.47 Å². The van der Waals surface area contributed by atoms with Gasteiger partial charge < -0.3 is 14.6 Å².